The third-order valence-electron chi connectivity index (χ3n) is 8.93. The summed E-state index contributed by atoms with van der Waals surface area (Å²) < 4.78 is 25.6. The van der Waals surface area contributed by atoms with E-state index in [-0.39, 0.29) is 24.0 Å². The Morgan fingerprint density at radius 1 is 0.447 bits per heavy atom. The maximum atomic E-state index is 13.5. The van der Waals surface area contributed by atoms with Crippen LogP contribution in [-0.2, 0) is 13.6 Å². The zero-order valence-corrected chi connectivity index (χ0v) is 36.4. The molecule has 0 rings (SSSR count). The van der Waals surface area contributed by atoms with Gasteiger partial charge in [0.1, 0.15) is 0 Å². The van der Waals surface area contributed by atoms with Gasteiger partial charge in [0.25, 0.3) is 0 Å². The standard InChI is InChI=1S/C41H83O3P2.HI/c1-6-8-10-12-14-16-18-20-22-24-26-28-30-32-34-36-38-43-46(42,41-40-45(3,4)5)44-39-37-35-33-31-29-27-25-23-21-19-17-15-13-11-9-7-2;/h20-23H,6-19,24-41H2,1-5H3;1H/q+1;/p-1/b22-20-,23-21-;. The molecule has 0 atom stereocenters. The highest BCUT2D eigenvalue weighted by molar-refractivity contribution is 7.74. The Morgan fingerprint density at radius 2 is 0.723 bits per heavy atom. The second kappa shape index (κ2) is 38.0. The normalized spacial score (nSPS) is 12.4. The van der Waals surface area contributed by atoms with Crippen molar-refractivity contribution in [2.24, 2.45) is 0 Å². The van der Waals surface area contributed by atoms with Crippen LogP contribution in [0.3, 0.4) is 0 Å². The van der Waals surface area contributed by atoms with Gasteiger partial charge >= 0.3 is 7.60 Å². The number of unbranched alkanes of at least 4 members (excludes halogenated alkanes) is 24. The highest BCUT2D eigenvalue weighted by atomic mass is 127. The van der Waals surface area contributed by atoms with Gasteiger partial charge < -0.3 is 33.0 Å². The zero-order valence-electron chi connectivity index (χ0n) is 32.4. The van der Waals surface area contributed by atoms with E-state index in [2.05, 4.69) is 58.1 Å². The van der Waals surface area contributed by atoms with Gasteiger partial charge in [0.15, 0.2) is 0 Å². The summed E-state index contributed by atoms with van der Waals surface area (Å²) in [5.74, 6) is 0. The van der Waals surface area contributed by atoms with E-state index in [9.17, 15) is 4.57 Å². The second-order valence-corrected chi connectivity index (χ2v) is 22.1. The molecule has 0 aliphatic heterocycles. The summed E-state index contributed by atoms with van der Waals surface area (Å²) in [5, 5.41) is 0. The molecule has 0 spiro atoms. The molecule has 0 saturated heterocycles. The van der Waals surface area contributed by atoms with Gasteiger partial charge in [0, 0.05) is 27.3 Å². The van der Waals surface area contributed by atoms with Crippen molar-refractivity contribution in [1.29, 1.82) is 0 Å². The maximum absolute atomic E-state index is 13.5. The van der Waals surface area contributed by atoms with Crippen LogP contribution in [0, 0.1) is 0 Å². The summed E-state index contributed by atoms with van der Waals surface area (Å²) in [6.45, 7) is 12.7. The molecule has 0 radical (unpaired) electrons. The lowest BCUT2D eigenvalue weighted by Crippen LogP contribution is -3.00. The molecule has 6 heteroatoms. The third kappa shape index (κ3) is 41.1. The first-order valence-electron chi connectivity index (χ1n) is 20.3. The minimum atomic E-state index is -2.98. The minimum absolute atomic E-state index is 0. The van der Waals surface area contributed by atoms with E-state index in [1.165, 1.54) is 154 Å². The molecule has 0 N–H and O–H groups in total. The molecule has 282 valence electrons. The molecule has 0 aliphatic rings. The first kappa shape index (κ1) is 49.9. The van der Waals surface area contributed by atoms with Gasteiger partial charge in [0.2, 0.25) is 0 Å². The molecule has 0 aromatic rings. The van der Waals surface area contributed by atoms with Gasteiger partial charge in [-0.1, -0.05) is 154 Å². The summed E-state index contributed by atoms with van der Waals surface area (Å²) in [6.07, 6.45) is 47.4. The lowest BCUT2D eigenvalue weighted by molar-refractivity contribution is -0.0000149. The molecule has 0 bridgehead atoms. The van der Waals surface area contributed by atoms with Crippen molar-refractivity contribution in [3.05, 3.63) is 24.3 Å². The largest absolute Gasteiger partial charge is 1.00 e. The van der Waals surface area contributed by atoms with E-state index in [0.29, 0.717) is 19.4 Å². The minimum Gasteiger partial charge on any atom is -1.00 e. The lowest BCUT2D eigenvalue weighted by atomic mass is 10.1. The van der Waals surface area contributed by atoms with Gasteiger partial charge in [-0.25, -0.2) is 0 Å². The Balaban J connectivity index is 0. The lowest BCUT2D eigenvalue weighted by Gasteiger charge is -2.20. The van der Waals surface area contributed by atoms with Crippen molar-refractivity contribution in [2.75, 3.05) is 45.5 Å². The molecule has 0 aromatic carbocycles. The summed E-state index contributed by atoms with van der Waals surface area (Å²) in [4.78, 5) is 0. The number of hydrogen-bond donors (Lipinski definition) is 0. The number of allylic oxidation sites excluding steroid dienone is 4. The Hall–Kier alpha value is 0.790. The number of hydrogen-bond acceptors (Lipinski definition) is 3. The SMILES string of the molecule is CCCCCCCC/C=C\CCCCCCCCOP(=O)(CC[P+](C)(C)C)OCCCCCCCC/C=C\CCCCCCCC.[I-]. The van der Waals surface area contributed by atoms with Crippen molar-refractivity contribution >= 4 is 14.9 Å². The van der Waals surface area contributed by atoms with E-state index < -0.39 is 14.9 Å². The fourth-order valence-electron chi connectivity index (χ4n) is 5.70. The van der Waals surface area contributed by atoms with Gasteiger partial charge in [0.05, 0.1) is 25.5 Å². The van der Waals surface area contributed by atoms with Crippen LogP contribution in [0.5, 0.6) is 0 Å². The van der Waals surface area contributed by atoms with Crippen LogP contribution in [0.15, 0.2) is 24.3 Å². The molecule has 0 heterocycles. The molecule has 3 nitrogen and oxygen atoms in total. The molecule has 0 saturated carbocycles. The topological polar surface area (TPSA) is 35.5 Å². The molecule has 0 unspecified atom stereocenters. The zero-order chi connectivity index (χ0) is 33.9. The Bertz CT molecular complexity index is 672. The molecule has 0 aromatic heterocycles. The van der Waals surface area contributed by atoms with Gasteiger partial charge in [-0.3, -0.25) is 4.57 Å². The number of halogens is 1. The fourth-order valence-corrected chi connectivity index (χ4v) is 10.2. The molecular formula is C41H83IO3P2. The third-order valence-corrected chi connectivity index (χ3v) is 12.8. The van der Waals surface area contributed by atoms with Crippen molar-refractivity contribution < 1.29 is 37.6 Å². The predicted molar refractivity (Wildman–Crippen MR) is 213 cm³/mol. The van der Waals surface area contributed by atoms with Crippen LogP contribution in [0.2, 0.25) is 0 Å². The average molecular weight is 813 g/mol. The van der Waals surface area contributed by atoms with Crippen molar-refractivity contribution in [3.8, 4) is 0 Å². The Kier molecular flexibility index (Phi) is 40.4. The van der Waals surface area contributed by atoms with Gasteiger partial charge in [-0.2, -0.15) is 0 Å². The van der Waals surface area contributed by atoms with Crippen LogP contribution in [-0.4, -0.2) is 45.5 Å². The predicted octanol–water partition coefficient (Wildman–Crippen LogP) is 12.2. The quantitative estimate of drug-likeness (QED) is 0.0271. The summed E-state index contributed by atoms with van der Waals surface area (Å²) >= 11 is 0. The first-order valence-corrected chi connectivity index (χ1v) is 25.4. The smallest absolute Gasteiger partial charge is 0.334 e. The van der Waals surface area contributed by atoms with E-state index in [4.69, 9.17) is 9.05 Å². The van der Waals surface area contributed by atoms with Crippen LogP contribution in [0.4, 0.5) is 0 Å². The van der Waals surface area contributed by atoms with Gasteiger partial charge in [-0.15, -0.1) is 0 Å². The van der Waals surface area contributed by atoms with Crippen LogP contribution in [0.25, 0.3) is 0 Å². The van der Waals surface area contributed by atoms with Crippen LogP contribution >= 0.6 is 14.9 Å². The van der Waals surface area contributed by atoms with Crippen LogP contribution < -0.4 is 24.0 Å². The van der Waals surface area contributed by atoms with Gasteiger partial charge in [-0.05, 0) is 64.2 Å². The summed E-state index contributed by atoms with van der Waals surface area (Å²) in [6, 6.07) is 0. The molecule has 47 heavy (non-hydrogen) atoms. The average Bonchev–Trinajstić information content (AvgIpc) is 3.03. The van der Waals surface area contributed by atoms with Crippen molar-refractivity contribution in [2.45, 2.75) is 194 Å². The summed E-state index contributed by atoms with van der Waals surface area (Å²) in [5.41, 5.74) is 0. The monoisotopic (exact) mass is 812 g/mol. The highest BCUT2D eigenvalue weighted by Gasteiger charge is 2.30. The Labute approximate surface area is 314 Å². The van der Waals surface area contributed by atoms with E-state index in [1.54, 1.807) is 0 Å². The number of rotatable bonds is 37. The van der Waals surface area contributed by atoms with Crippen molar-refractivity contribution in [3.63, 3.8) is 0 Å². The first-order chi connectivity index (χ1) is 22.3. The second-order valence-electron chi connectivity index (χ2n) is 14.9. The van der Waals surface area contributed by atoms with E-state index in [0.717, 1.165) is 31.8 Å². The summed E-state index contributed by atoms with van der Waals surface area (Å²) in [7, 11) is -3.99. The fraction of sp³-hybridized carbons (Fsp3) is 0.902. The molecule has 0 amide bonds. The van der Waals surface area contributed by atoms with Crippen LogP contribution in [0.1, 0.15) is 194 Å². The van der Waals surface area contributed by atoms with Crippen molar-refractivity contribution in [1.82, 2.24) is 0 Å². The van der Waals surface area contributed by atoms with E-state index in [1.807, 2.05) is 0 Å². The maximum Gasteiger partial charge on any atom is 0.334 e. The molecular weight excluding hydrogens is 729 g/mol. The molecule has 0 fully saturated rings. The Morgan fingerprint density at radius 3 is 1.02 bits per heavy atom. The van der Waals surface area contributed by atoms with E-state index >= 15 is 0 Å². The molecule has 0 aliphatic carbocycles. The highest BCUT2D eigenvalue weighted by Crippen LogP contribution is 2.55.